The molecule has 0 aromatic carbocycles. The van der Waals surface area contributed by atoms with Gasteiger partial charge in [-0.05, 0) is 26.8 Å². The highest BCUT2D eigenvalue weighted by atomic mass is 19.4. The summed E-state index contributed by atoms with van der Waals surface area (Å²) in [5.41, 5.74) is 6.20. The monoisotopic (exact) mass is 275 g/mol. The van der Waals surface area contributed by atoms with Crippen LogP contribution in [0, 0.1) is 6.92 Å². The van der Waals surface area contributed by atoms with Gasteiger partial charge in [0.2, 0.25) is 0 Å². The molecule has 0 radical (unpaired) electrons. The van der Waals surface area contributed by atoms with Crippen LogP contribution >= 0.6 is 0 Å². The van der Waals surface area contributed by atoms with Crippen LogP contribution in [0.1, 0.15) is 29.9 Å². The smallest absolute Gasteiger partial charge is 0.397 e. The Hall–Kier alpha value is -1.79. The van der Waals surface area contributed by atoms with Gasteiger partial charge in [-0.15, -0.1) is 0 Å². The Bertz CT molecular complexity index is 472. The van der Waals surface area contributed by atoms with Crippen molar-refractivity contribution >= 4 is 11.6 Å². The number of halogens is 3. The Morgan fingerprint density at radius 3 is 2.53 bits per heavy atom. The fraction of sp³-hybridized carbons (Fsp3) is 0.500. The third kappa shape index (κ3) is 4.11. The number of anilines is 1. The number of amides is 1. The lowest BCUT2D eigenvalue weighted by Crippen LogP contribution is -2.43. The van der Waals surface area contributed by atoms with Crippen LogP contribution in [-0.2, 0) is 0 Å². The molecule has 1 aromatic rings. The van der Waals surface area contributed by atoms with Crippen LogP contribution in [0.4, 0.5) is 18.9 Å². The molecule has 0 saturated heterocycles. The summed E-state index contributed by atoms with van der Waals surface area (Å²) in [4.78, 5) is 16.8. The lowest BCUT2D eigenvalue weighted by molar-refractivity contribution is -0.143. The lowest BCUT2D eigenvalue weighted by Gasteiger charge is -2.28. The van der Waals surface area contributed by atoms with Crippen molar-refractivity contribution in [1.82, 2.24) is 9.88 Å². The van der Waals surface area contributed by atoms with E-state index < -0.39 is 24.7 Å². The molecule has 1 rings (SSSR count). The van der Waals surface area contributed by atoms with Crippen LogP contribution in [0.2, 0.25) is 0 Å². The molecular weight excluding hydrogens is 259 g/mol. The summed E-state index contributed by atoms with van der Waals surface area (Å²) in [7, 11) is 0. The summed E-state index contributed by atoms with van der Waals surface area (Å²) in [6, 6.07) is 0.770. The zero-order valence-corrected chi connectivity index (χ0v) is 11.0. The Morgan fingerprint density at radius 2 is 2.05 bits per heavy atom. The molecule has 0 aliphatic carbocycles. The molecule has 4 nitrogen and oxygen atoms in total. The van der Waals surface area contributed by atoms with E-state index in [0.29, 0.717) is 5.69 Å². The Labute approximate surface area is 109 Å². The fourth-order valence-electron chi connectivity index (χ4n) is 1.60. The zero-order chi connectivity index (χ0) is 14.8. The number of alkyl halides is 3. The second-order valence-corrected chi connectivity index (χ2v) is 4.54. The molecule has 1 aromatic heterocycles. The topological polar surface area (TPSA) is 59.2 Å². The first kappa shape index (κ1) is 15.3. The van der Waals surface area contributed by atoms with E-state index in [0.717, 1.165) is 4.90 Å². The maximum absolute atomic E-state index is 12.5. The molecule has 7 heteroatoms. The zero-order valence-electron chi connectivity index (χ0n) is 11.0. The number of nitrogens with zero attached hydrogens (tertiary/aromatic N) is 2. The summed E-state index contributed by atoms with van der Waals surface area (Å²) in [5.74, 6) is -0.718. The van der Waals surface area contributed by atoms with Gasteiger partial charge in [-0.1, -0.05) is 0 Å². The predicted octanol–water partition coefficient (Wildman–Crippen LogP) is 2.39. The van der Waals surface area contributed by atoms with E-state index in [2.05, 4.69) is 4.98 Å². The summed E-state index contributed by atoms with van der Waals surface area (Å²) in [6.45, 7) is 3.31. The van der Waals surface area contributed by atoms with Crippen molar-refractivity contribution < 1.29 is 18.0 Å². The maximum atomic E-state index is 12.5. The average Bonchev–Trinajstić information content (AvgIpc) is 2.27. The van der Waals surface area contributed by atoms with E-state index >= 15 is 0 Å². The van der Waals surface area contributed by atoms with Crippen molar-refractivity contribution in [2.24, 2.45) is 0 Å². The van der Waals surface area contributed by atoms with Crippen molar-refractivity contribution in [3.05, 3.63) is 23.5 Å². The van der Waals surface area contributed by atoms with Crippen LogP contribution in [-0.4, -0.2) is 34.6 Å². The third-order valence-corrected chi connectivity index (χ3v) is 2.57. The molecule has 0 aliphatic heterocycles. The first-order chi connectivity index (χ1) is 8.61. The number of carbonyl (C=O) groups excluding carboxylic acids is 1. The quantitative estimate of drug-likeness (QED) is 0.921. The number of carbonyl (C=O) groups is 1. The normalized spacial score (nSPS) is 11.7. The van der Waals surface area contributed by atoms with Crippen LogP contribution < -0.4 is 5.73 Å². The summed E-state index contributed by atoms with van der Waals surface area (Å²) in [5, 5.41) is 0. The van der Waals surface area contributed by atoms with E-state index in [-0.39, 0.29) is 11.3 Å². The van der Waals surface area contributed by atoms with E-state index in [1.807, 2.05) is 0 Å². The number of nitrogens with two attached hydrogens (primary N) is 1. The van der Waals surface area contributed by atoms with E-state index in [9.17, 15) is 18.0 Å². The minimum Gasteiger partial charge on any atom is -0.397 e. The van der Waals surface area contributed by atoms with Crippen LogP contribution in [0.5, 0.6) is 0 Å². The number of nitrogen functional groups attached to an aromatic ring is 1. The Morgan fingerprint density at radius 1 is 1.47 bits per heavy atom. The fourth-order valence-corrected chi connectivity index (χ4v) is 1.60. The second-order valence-electron chi connectivity index (χ2n) is 4.54. The number of aryl methyl sites for hydroxylation is 1. The largest absolute Gasteiger partial charge is 0.406 e. The van der Waals surface area contributed by atoms with Crippen molar-refractivity contribution in [2.45, 2.75) is 33.0 Å². The minimum atomic E-state index is -4.44. The van der Waals surface area contributed by atoms with Gasteiger partial charge in [0, 0.05) is 6.04 Å². The van der Waals surface area contributed by atoms with Gasteiger partial charge in [-0.2, -0.15) is 13.2 Å². The molecule has 0 atom stereocenters. The molecule has 1 heterocycles. The Balaban J connectivity index is 3.09. The number of pyridine rings is 1. The summed E-state index contributed by atoms with van der Waals surface area (Å²) < 4.78 is 37.5. The summed E-state index contributed by atoms with van der Waals surface area (Å²) in [6.07, 6.45) is -3.09. The highest BCUT2D eigenvalue weighted by Gasteiger charge is 2.35. The minimum absolute atomic E-state index is 0.0953. The van der Waals surface area contributed by atoms with Crippen molar-refractivity contribution in [3.8, 4) is 0 Å². The maximum Gasteiger partial charge on any atom is 0.406 e. The summed E-state index contributed by atoms with van der Waals surface area (Å²) >= 11 is 0. The first-order valence-electron chi connectivity index (χ1n) is 5.71. The molecule has 0 fully saturated rings. The molecule has 19 heavy (non-hydrogen) atoms. The van der Waals surface area contributed by atoms with Gasteiger partial charge in [-0.25, -0.2) is 0 Å². The van der Waals surface area contributed by atoms with Gasteiger partial charge in [0.1, 0.15) is 6.54 Å². The lowest BCUT2D eigenvalue weighted by atomic mass is 10.1. The molecule has 1 amide bonds. The van der Waals surface area contributed by atoms with E-state index in [1.165, 1.54) is 26.1 Å². The average molecular weight is 275 g/mol. The number of hydrogen-bond donors (Lipinski definition) is 1. The molecule has 0 spiro atoms. The Kier molecular flexibility index (Phi) is 4.39. The van der Waals surface area contributed by atoms with Gasteiger partial charge in [-0.3, -0.25) is 9.78 Å². The first-order valence-corrected chi connectivity index (χ1v) is 5.71. The molecule has 2 N–H and O–H groups in total. The highest BCUT2D eigenvalue weighted by Crippen LogP contribution is 2.21. The van der Waals surface area contributed by atoms with Crippen molar-refractivity contribution in [3.63, 3.8) is 0 Å². The standard InChI is InChI=1S/C12H16F3N3O/c1-7(2)18(6-12(13,14)15)11(19)10-4-9(16)5-17-8(10)3/h4-5,7H,6,16H2,1-3H3. The molecule has 0 bridgehead atoms. The highest BCUT2D eigenvalue weighted by molar-refractivity contribution is 5.96. The molecule has 0 aliphatic rings. The van der Waals surface area contributed by atoms with Gasteiger partial charge >= 0.3 is 6.18 Å². The van der Waals surface area contributed by atoms with Gasteiger partial charge < -0.3 is 10.6 Å². The second kappa shape index (κ2) is 5.46. The van der Waals surface area contributed by atoms with Gasteiger partial charge in [0.25, 0.3) is 5.91 Å². The number of rotatable bonds is 3. The molecular formula is C12H16F3N3O. The number of hydrogen-bond acceptors (Lipinski definition) is 3. The van der Waals surface area contributed by atoms with Crippen molar-refractivity contribution in [2.75, 3.05) is 12.3 Å². The van der Waals surface area contributed by atoms with Crippen molar-refractivity contribution in [1.29, 1.82) is 0 Å². The van der Waals surface area contributed by atoms with E-state index in [4.69, 9.17) is 5.73 Å². The number of aromatic nitrogens is 1. The van der Waals surface area contributed by atoms with E-state index in [1.54, 1.807) is 6.92 Å². The van der Waals surface area contributed by atoms with Gasteiger partial charge in [0.15, 0.2) is 0 Å². The molecule has 106 valence electrons. The third-order valence-electron chi connectivity index (χ3n) is 2.57. The molecule has 0 saturated carbocycles. The predicted molar refractivity (Wildman–Crippen MR) is 65.6 cm³/mol. The SMILES string of the molecule is Cc1ncc(N)cc1C(=O)N(CC(F)(F)F)C(C)C. The molecule has 0 unspecified atom stereocenters. The van der Waals surface area contributed by atoms with Crippen LogP contribution in [0.25, 0.3) is 0 Å². The van der Waals surface area contributed by atoms with Gasteiger partial charge in [0.05, 0.1) is 23.1 Å². The van der Waals surface area contributed by atoms with Crippen LogP contribution in [0.3, 0.4) is 0 Å². The van der Waals surface area contributed by atoms with Crippen LogP contribution in [0.15, 0.2) is 12.3 Å².